The zero-order chi connectivity index (χ0) is 13.7. The molecule has 1 aromatic rings. The van der Waals surface area contributed by atoms with Crippen LogP contribution < -0.4 is 5.32 Å². The largest absolute Gasteiger partial charge is 0.381 e. The number of halogens is 2. The Morgan fingerprint density at radius 1 is 1.53 bits per heavy atom. The molecule has 2 rings (SSSR count). The Morgan fingerprint density at radius 2 is 2.37 bits per heavy atom. The van der Waals surface area contributed by atoms with Crippen LogP contribution in [0.3, 0.4) is 0 Å². The third kappa shape index (κ3) is 4.16. The van der Waals surface area contributed by atoms with Crippen molar-refractivity contribution in [3.8, 4) is 0 Å². The summed E-state index contributed by atoms with van der Waals surface area (Å²) < 4.78 is 18.9. The lowest BCUT2D eigenvalue weighted by atomic mass is 9.94. The SMILES string of the molecule is CCNC(Cc1cccc(F)c1Cl)CC1CCOC1. The standard InChI is InChI=1S/C15H21ClFNO/c1-2-18-13(8-11-6-7-19-10-11)9-12-4-3-5-14(17)15(12)16/h3-5,11,13,18H,2,6-10H2,1H3. The zero-order valence-electron chi connectivity index (χ0n) is 11.3. The van der Waals surface area contributed by atoms with Crippen molar-refractivity contribution < 1.29 is 9.13 Å². The lowest BCUT2D eigenvalue weighted by Crippen LogP contribution is -2.33. The van der Waals surface area contributed by atoms with Crippen molar-refractivity contribution in [3.05, 3.63) is 34.6 Å². The molecular weight excluding hydrogens is 265 g/mol. The Balaban J connectivity index is 2.00. The Labute approximate surface area is 119 Å². The second-order valence-electron chi connectivity index (χ2n) is 5.14. The maximum absolute atomic E-state index is 13.4. The highest BCUT2D eigenvalue weighted by molar-refractivity contribution is 6.31. The van der Waals surface area contributed by atoms with Gasteiger partial charge in [-0.05, 0) is 43.4 Å². The molecule has 4 heteroatoms. The highest BCUT2D eigenvalue weighted by Crippen LogP contribution is 2.24. The molecule has 1 fully saturated rings. The first-order chi connectivity index (χ1) is 9.20. The second kappa shape index (κ2) is 7.22. The van der Waals surface area contributed by atoms with Crippen LogP contribution in [0.25, 0.3) is 0 Å². The lowest BCUT2D eigenvalue weighted by molar-refractivity contribution is 0.181. The maximum Gasteiger partial charge on any atom is 0.142 e. The van der Waals surface area contributed by atoms with Gasteiger partial charge in [0, 0.05) is 19.3 Å². The molecule has 2 atom stereocenters. The zero-order valence-corrected chi connectivity index (χ0v) is 12.0. The monoisotopic (exact) mass is 285 g/mol. The summed E-state index contributed by atoms with van der Waals surface area (Å²) >= 11 is 6.03. The minimum absolute atomic E-state index is 0.257. The van der Waals surface area contributed by atoms with E-state index in [0.717, 1.165) is 44.6 Å². The van der Waals surface area contributed by atoms with Crippen molar-refractivity contribution in [1.82, 2.24) is 5.32 Å². The molecule has 0 saturated carbocycles. The second-order valence-corrected chi connectivity index (χ2v) is 5.51. The molecular formula is C15H21ClFNO. The number of ether oxygens (including phenoxy) is 1. The average molecular weight is 286 g/mol. The van der Waals surface area contributed by atoms with E-state index < -0.39 is 0 Å². The van der Waals surface area contributed by atoms with Crippen molar-refractivity contribution >= 4 is 11.6 Å². The minimum Gasteiger partial charge on any atom is -0.381 e. The van der Waals surface area contributed by atoms with E-state index in [-0.39, 0.29) is 10.8 Å². The number of rotatable bonds is 6. The molecule has 0 aliphatic carbocycles. The Bertz CT molecular complexity index is 407. The number of hydrogen-bond donors (Lipinski definition) is 1. The molecule has 19 heavy (non-hydrogen) atoms. The van der Waals surface area contributed by atoms with Gasteiger partial charge in [0.25, 0.3) is 0 Å². The fourth-order valence-electron chi connectivity index (χ4n) is 2.67. The topological polar surface area (TPSA) is 21.3 Å². The number of nitrogens with one attached hydrogen (secondary N) is 1. The summed E-state index contributed by atoms with van der Waals surface area (Å²) in [6.45, 7) is 4.71. The predicted molar refractivity (Wildman–Crippen MR) is 76.1 cm³/mol. The number of likely N-dealkylation sites (N-methyl/N-ethyl adjacent to an activating group) is 1. The van der Waals surface area contributed by atoms with E-state index in [0.29, 0.717) is 12.0 Å². The van der Waals surface area contributed by atoms with E-state index in [1.165, 1.54) is 6.07 Å². The minimum atomic E-state index is -0.335. The Kier molecular flexibility index (Phi) is 5.61. The molecule has 2 unspecified atom stereocenters. The molecule has 1 saturated heterocycles. The first kappa shape index (κ1) is 14.8. The van der Waals surface area contributed by atoms with Crippen LogP contribution in [-0.4, -0.2) is 25.8 Å². The van der Waals surface area contributed by atoms with Crippen LogP contribution >= 0.6 is 11.6 Å². The van der Waals surface area contributed by atoms with Crippen LogP contribution in [0.5, 0.6) is 0 Å². The van der Waals surface area contributed by atoms with Crippen molar-refractivity contribution in [3.63, 3.8) is 0 Å². The van der Waals surface area contributed by atoms with Gasteiger partial charge in [0.1, 0.15) is 5.82 Å². The molecule has 0 aromatic heterocycles. The van der Waals surface area contributed by atoms with Crippen LogP contribution in [0, 0.1) is 11.7 Å². The molecule has 0 amide bonds. The molecule has 1 aliphatic heterocycles. The fourth-order valence-corrected chi connectivity index (χ4v) is 2.87. The summed E-state index contributed by atoms with van der Waals surface area (Å²) in [5.74, 6) is 0.273. The van der Waals surface area contributed by atoms with Gasteiger partial charge < -0.3 is 10.1 Å². The van der Waals surface area contributed by atoms with Crippen molar-refractivity contribution in [2.45, 2.75) is 32.2 Å². The molecule has 0 bridgehead atoms. The van der Waals surface area contributed by atoms with E-state index in [4.69, 9.17) is 16.3 Å². The summed E-state index contributed by atoms with van der Waals surface area (Å²) in [4.78, 5) is 0. The first-order valence-electron chi connectivity index (χ1n) is 6.94. The van der Waals surface area contributed by atoms with Gasteiger partial charge in [-0.2, -0.15) is 0 Å². The van der Waals surface area contributed by atoms with E-state index in [1.807, 2.05) is 6.07 Å². The Morgan fingerprint density at radius 3 is 3.05 bits per heavy atom. The highest BCUT2D eigenvalue weighted by Gasteiger charge is 2.21. The lowest BCUT2D eigenvalue weighted by Gasteiger charge is -2.21. The average Bonchev–Trinajstić information content (AvgIpc) is 2.88. The first-order valence-corrected chi connectivity index (χ1v) is 7.32. The van der Waals surface area contributed by atoms with Gasteiger partial charge in [0.05, 0.1) is 5.02 Å². The van der Waals surface area contributed by atoms with Gasteiger partial charge in [-0.15, -0.1) is 0 Å². The summed E-state index contributed by atoms with van der Waals surface area (Å²) in [5, 5.41) is 3.73. The molecule has 1 aliphatic rings. The van der Waals surface area contributed by atoms with Crippen LogP contribution in [-0.2, 0) is 11.2 Å². The molecule has 106 valence electrons. The quantitative estimate of drug-likeness (QED) is 0.865. The molecule has 1 N–H and O–H groups in total. The molecule has 2 nitrogen and oxygen atoms in total. The summed E-state index contributed by atoms with van der Waals surface area (Å²) in [6, 6.07) is 5.36. The van der Waals surface area contributed by atoms with Crippen LogP contribution in [0.2, 0.25) is 5.02 Å². The Hall–Kier alpha value is -0.640. The van der Waals surface area contributed by atoms with E-state index in [1.54, 1.807) is 6.07 Å². The molecule has 1 heterocycles. The smallest absolute Gasteiger partial charge is 0.142 e. The fraction of sp³-hybridized carbons (Fsp3) is 0.600. The summed E-state index contributed by atoms with van der Waals surface area (Å²) in [6.07, 6.45) is 2.94. The van der Waals surface area contributed by atoms with Crippen LogP contribution in [0.4, 0.5) is 4.39 Å². The van der Waals surface area contributed by atoms with Gasteiger partial charge >= 0.3 is 0 Å². The van der Waals surface area contributed by atoms with Gasteiger partial charge in [0.15, 0.2) is 0 Å². The number of benzene rings is 1. The van der Waals surface area contributed by atoms with Gasteiger partial charge in [-0.25, -0.2) is 4.39 Å². The molecule has 0 radical (unpaired) electrons. The summed E-state index contributed by atoms with van der Waals surface area (Å²) in [7, 11) is 0. The number of hydrogen-bond acceptors (Lipinski definition) is 2. The van der Waals surface area contributed by atoms with Crippen molar-refractivity contribution in [2.24, 2.45) is 5.92 Å². The van der Waals surface area contributed by atoms with Crippen molar-refractivity contribution in [1.29, 1.82) is 0 Å². The predicted octanol–water partition coefficient (Wildman–Crippen LogP) is 3.43. The van der Waals surface area contributed by atoms with Gasteiger partial charge in [-0.1, -0.05) is 30.7 Å². The maximum atomic E-state index is 13.4. The van der Waals surface area contributed by atoms with Crippen molar-refractivity contribution in [2.75, 3.05) is 19.8 Å². The molecule has 1 aromatic carbocycles. The molecule has 0 spiro atoms. The third-order valence-electron chi connectivity index (χ3n) is 3.63. The highest BCUT2D eigenvalue weighted by atomic mass is 35.5. The summed E-state index contributed by atoms with van der Waals surface area (Å²) in [5.41, 5.74) is 0.881. The van der Waals surface area contributed by atoms with Gasteiger partial charge in [-0.3, -0.25) is 0 Å². The van der Waals surface area contributed by atoms with Crippen LogP contribution in [0.1, 0.15) is 25.3 Å². The van der Waals surface area contributed by atoms with Gasteiger partial charge in [0.2, 0.25) is 0 Å². The normalized spacial score (nSPS) is 20.7. The third-order valence-corrected chi connectivity index (χ3v) is 4.06. The van der Waals surface area contributed by atoms with E-state index in [9.17, 15) is 4.39 Å². The van der Waals surface area contributed by atoms with E-state index >= 15 is 0 Å². The van der Waals surface area contributed by atoms with Crippen LogP contribution in [0.15, 0.2) is 18.2 Å². The van der Waals surface area contributed by atoms with E-state index in [2.05, 4.69) is 12.2 Å².